The summed E-state index contributed by atoms with van der Waals surface area (Å²) in [7, 11) is 0. The average Bonchev–Trinajstić information content (AvgIpc) is 3.67. The summed E-state index contributed by atoms with van der Waals surface area (Å²) in [6.07, 6.45) is 7.13. The van der Waals surface area contributed by atoms with Crippen molar-refractivity contribution in [3.8, 4) is 11.1 Å². The highest BCUT2D eigenvalue weighted by atomic mass is 32.1. The zero-order valence-corrected chi connectivity index (χ0v) is 28.8. The third-order valence-electron chi connectivity index (χ3n) is 13.4. The molecule has 8 aromatic rings. The number of rotatable bonds is 3. The second kappa shape index (κ2) is 10.1. The lowest BCUT2D eigenvalue weighted by Crippen LogP contribution is -2.55. The van der Waals surface area contributed by atoms with Gasteiger partial charge in [-0.15, -0.1) is 11.3 Å². The fourth-order valence-corrected chi connectivity index (χ4v) is 12.9. The molecule has 0 aliphatic heterocycles. The third kappa shape index (κ3) is 3.67. The van der Waals surface area contributed by atoms with Crippen LogP contribution < -0.4 is 4.90 Å². The SMILES string of the molecule is c1ccc2c(c1)-c1cc(N(c3ccc4c(ccc5ccccc54)c3)c3ccc4c(c3)sc3ccccc34)ccc1C21C2CC3CC(C2)CC1C3. The highest BCUT2D eigenvalue weighted by Crippen LogP contribution is 2.69. The molecule has 5 aliphatic carbocycles. The molecule has 13 rings (SSSR count). The summed E-state index contributed by atoms with van der Waals surface area (Å²) in [5.74, 6) is 3.44. The largest absolute Gasteiger partial charge is 0.310 e. The van der Waals surface area contributed by atoms with Crippen LogP contribution in [0.1, 0.15) is 43.2 Å². The first-order valence-corrected chi connectivity index (χ1v) is 19.4. The van der Waals surface area contributed by atoms with Crippen LogP contribution in [0.5, 0.6) is 0 Å². The Morgan fingerprint density at radius 3 is 1.90 bits per heavy atom. The molecule has 50 heavy (non-hydrogen) atoms. The first kappa shape index (κ1) is 27.9. The van der Waals surface area contributed by atoms with Gasteiger partial charge in [0, 0.05) is 42.6 Å². The molecule has 0 atom stereocenters. The molecule has 1 nitrogen and oxygen atoms in total. The van der Waals surface area contributed by atoms with E-state index >= 15 is 0 Å². The molecule has 4 fully saturated rings. The van der Waals surface area contributed by atoms with Gasteiger partial charge in [-0.3, -0.25) is 0 Å². The van der Waals surface area contributed by atoms with E-state index in [-0.39, 0.29) is 5.41 Å². The maximum atomic E-state index is 2.56. The molecule has 1 spiro atoms. The van der Waals surface area contributed by atoms with Crippen molar-refractivity contribution >= 4 is 70.1 Å². The van der Waals surface area contributed by atoms with Gasteiger partial charge in [0.25, 0.3) is 0 Å². The monoisotopic (exact) mass is 659 g/mol. The van der Waals surface area contributed by atoms with Crippen LogP contribution in [-0.2, 0) is 5.41 Å². The zero-order chi connectivity index (χ0) is 32.6. The standard InChI is InChI=1S/C48H37NS/c1-2-8-38-31(7-1)13-14-32-26-35(15-18-39(32)38)49(37-16-19-42-41-10-4-6-12-46(41)50-47(42)28-37)36-17-20-45-43(27-36)40-9-3-5-11-44(40)48(45)33-22-29-21-30(24-33)25-34(48)23-29/h1-20,26-30,33-34H,21-25H2. The van der Waals surface area contributed by atoms with Gasteiger partial charge in [0.2, 0.25) is 0 Å². The number of benzene rings is 7. The normalized spacial score (nSPS) is 24.5. The minimum absolute atomic E-state index is 0.183. The van der Waals surface area contributed by atoms with Crippen LogP contribution >= 0.6 is 11.3 Å². The van der Waals surface area contributed by atoms with Crippen molar-refractivity contribution in [2.24, 2.45) is 23.7 Å². The van der Waals surface area contributed by atoms with Gasteiger partial charge in [-0.2, -0.15) is 0 Å². The highest BCUT2D eigenvalue weighted by molar-refractivity contribution is 7.25. The Bertz CT molecular complexity index is 2670. The molecule has 0 radical (unpaired) electrons. The van der Waals surface area contributed by atoms with Crippen LogP contribution in [-0.4, -0.2) is 0 Å². The summed E-state index contributed by atoms with van der Waals surface area (Å²) < 4.78 is 2.68. The fraction of sp³-hybridized carbons (Fsp3) is 0.208. The number of thiophene rings is 1. The molecule has 240 valence electrons. The van der Waals surface area contributed by atoms with Crippen molar-refractivity contribution < 1.29 is 0 Å². The number of hydrogen-bond acceptors (Lipinski definition) is 2. The molecule has 0 N–H and O–H groups in total. The van der Waals surface area contributed by atoms with Crippen LogP contribution in [0.2, 0.25) is 0 Å². The van der Waals surface area contributed by atoms with Crippen LogP contribution in [0.4, 0.5) is 17.1 Å². The molecule has 7 aromatic carbocycles. The van der Waals surface area contributed by atoms with E-state index in [2.05, 4.69) is 144 Å². The Morgan fingerprint density at radius 2 is 1.04 bits per heavy atom. The summed E-state index contributed by atoms with van der Waals surface area (Å²) >= 11 is 1.90. The number of anilines is 3. The van der Waals surface area contributed by atoms with E-state index in [1.54, 1.807) is 11.1 Å². The van der Waals surface area contributed by atoms with E-state index in [0.29, 0.717) is 0 Å². The quantitative estimate of drug-likeness (QED) is 0.171. The molecule has 5 aliphatic rings. The Balaban J connectivity index is 1.08. The van der Waals surface area contributed by atoms with Crippen LogP contribution in [0.15, 0.2) is 140 Å². The lowest BCUT2D eigenvalue weighted by atomic mass is 9.43. The van der Waals surface area contributed by atoms with Crippen LogP contribution in [0.3, 0.4) is 0 Å². The zero-order valence-electron chi connectivity index (χ0n) is 28.0. The predicted molar refractivity (Wildman–Crippen MR) is 212 cm³/mol. The molecule has 1 heterocycles. The topological polar surface area (TPSA) is 3.24 Å². The van der Waals surface area contributed by atoms with Crippen LogP contribution in [0, 0.1) is 23.7 Å². The number of nitrogens with zero attached hydrogens (tertiary/aromatic N) is 1. The van der Waals surface area contributed by atoms with Gasteiger partial charge in [-0.1, -0.05) is 97.1 Å². The first-order chi connectivity index (χ1) is 24.7. The molecule has 0 unspecified atom stereocenters. The van der Waals surface area contributed by atoms with E-state index < -0.39 is 0 Å². The first-order valence-electron chi connectivity index (χ1n) is 18.6. The third-order valence-corrected chi connectivity index (χ3v) is 14.5. The summed E-state index contributed by atoms with van der Waals surface area (Å²) in [6, 6.07) is 53.4. The van der Waals surface area contributed by atoms with Crippen molar-refractivity contribution in [2.45, 2.75) is 37.5 Å². The second-order valence-corrected chi connectivity index (χ2v) is 16.8. The van der Waals surface area contributed by atoms with E-state index in [9.17, 15) is 0 Å². The molecule has 0 saturated heterocycles. The van der Waals surface area contributed by atoms with Crippen molar-refractivity contribution in [1.29, 1.82) is 0 Å². The van der Waals surface area contributed by atoms with E-state index in [1.807, 2.05) is 11.3 Å². The van der Waals surface area contributed by atoms with Crippen molar-refractivity contribution in [3.63, 3.8) is 0 Å². The summed E-state index contributed by atoms with van der Waals surface area (Å²) in [5, 5.41) is 7.86. The highest BCUT2D eigenvalue weighted by Gasteiger charge is 2.61. The van der Waals surface area contributed by atoms with E-state index in [1.165, 1.54) is 102 Å². The Kier molecular flexibility index (Phi) is 5.62. The van der Waals surface area contributed by atoms with Gasteiger partial charge >= 0.3 is 0 Å². The van der Waals surface area contributed by atoms with Gasteiger partial charge in [0.05, 0.1) is 0 Å². The molecule has 2 heteroatoms. The van der Waals surface area contributed by atoms with E-state index in [4.69, 9.17) is 0 Å². The summed E-state index contributed by atoms with van der Waals surface area (Å²) in [6.45, 7) is 0. The maximum Gasteiger partial charge on any atom is 0.0476 e. The van der Waals surface area contributed by atoms with Gasteiger partial charge in [0.1, 0.15) is 0 Å². The van der Waals surface area contributed by atoms with Gasteiger partial charge in [-0.25, -0.2) is 0 Å². The van der Waals surface area contributed by atoms with Gasteiger partial charge in [-0.05, 0) is 142 Å². The number of hydrogen-bond donors (Lipinski definition) is 0. The Labute approximate surface area is 296 Å². The van der Waals surface area contributed by atoms with Crippen molar-refractivity contribution in [2.75, 3.05) is 4.90 Å². The minimum atomic E-state index is 0.183. The van der Waals surface area contributed by atoms with Crippen LogP contribution in [0.25, 0.3) is 52.8 Å². The Hall–Kier alpha value is -4.92. The fourth-order valence-electron chi connectivity index (χ4n) is 11.7. The number of fused-ring (bicyclic) bond motifs is 9. The average molecular weight is 660 g/mol. The smallest absolute Gasteiger partial charge is 0.0476 e. The molecule has 0 amide bonds. The summed E-state index contributed by atoms with van der Waals surface area (Å²) in [4.78, 5) is 2.52. The lowest BCUT2D eigenvalue weighted by molar-refractivity contribution is -0.0399. The minimum Gasteiger partial charge on any atom is -0.310 e. The van der Waals surface area contributed by atoms with Gasteiger partial charge < -0.3 is 4.90 Å². The van der Waals surface area contributed by atoms with Crippen molar-refractivity contribution in [1.82, 2.24) is 0 Å². The molecular weight excluding hydrogens is 623 g/mol. The molecular formula is C48H37NS. The molecule has 4 saturated carbocycles. The summed E-state index contributed by atoms with van der Waals surface area (Å²) in [5.41, 5.74) is 10.00. The lowest BCUT2D eigenvalue weighted by Gasteiger charge is -2.61. The van der Waals surface area contributed by atoms with Crippen molar-refractivity contribution in [3.05, 3.63) is 151 Å². The molecule has 4 bridgehead atoms. The second-order valence-electron chi connectivity index (χ2n) is 15.8. The van der Waals surface area contributed by atoms with E-state index in [0.717, 1.165) is 23.7 Å². The Morgan fingerprint density at radius 1 is 0.440 bits per heavy atom. The maximum absolute atomic E-state index is 2.56. The predicted octanol–water partition coefficient (Wildman–Crippen LogP) is 13.6. The van der Waals surface area contributed by atoms with Gasteiger partial charge in [0.15, 0.2) is 0 Å². The molecule has 1 aromatic heterocycles.